The number of nitrogens with two attached hydrogens (primary N) is 2. The Balaban J connectivity index is 2.52. The monoisotopic (exact) mass is 326 g/mol. The second-order valence-electron chi connectivity index (χ2n) is 5.94. The molecule has 0 aromatic carbocycles. The van der Waals surface area contributed by atoms with Crippen molar-refractivity contribution in [1.29, 1.82) is 0 Å². The Kier molecular flexibility index (Phi) is 6.68. The summed E-state index contributed by atoms with van der Waals surface area (Å²) in [5, 5.41) is 0. The molecule has 4 atom stereocenters. The van der Waals surface area contributed by atoms with Crippen molar-refractivity contribution in [3.05, 3.63) is 6.42 Å². The standard InChI is InChI=1S/C15H24N3O5/c1-8(9(2)14(16)21)5-4-6-11(20)18(3)12-10(19)7-23-13(12)15(17)22/h6,8-9,12-13H,4-5,7H2,1-3H3,(H2,16,21)(H2,17,22)/t8?,9?,12?,13-/m0/s1. The van der Waals surface area contributed by atoms with E-state index < -0.39 is 18.1 Å². The summed E-state index contributed by atoms with van der Waals surface area (Å²) < 4.78 is 5.03. The highest BCUT2D eigenvalue weighted by atomic mass is 16.5. The van der Waals surface area contributed by atoms with Gasteiger partial charge in [0.2, 0.25) is 17.7 Å². The number of likely N-dealkylation sites (N-methyl/N-ethyl adjacent to an activating group) is 1. The minimum atomic E-state index is -1.11. The number of carbonyl (C=O) groups is 4. The number of carbonyl (C=O) groups excluding carboxylic acids is 4. The molecule has 0 aromatic heterocycles. The van der Waals surface area contributed by atoms with Gasteiger partial charge in [-0.25, -0.2) is 0 Å². The van der Waals surface area contributed by atoms with Crippen molar-refractivity contribution >= 4 is 23.5 Å². The lowest BCUT2D eigenvalue weighted by Gasteiger charge is -2.26. The number of amides is 3. The maximum Gasteiger partial charge on any atom is 0.249 e. The summed E-state index contributed by atoms with van der Waals surface area (Å²) in [5.74, 6) is -2.13. The van der Waals surface area contributed by atoms with Gasteiger partial charge in [0.05, 0.1) is 0 Å². The number of hydrogen-bond donors (Lipinski definition) is 2. The molecule has 1 aliphatic rings. The molecule has 0 saturated carbocycles. The predicted octanol–water partition coefficient (Wildman–Crippen LogP) is -0.991. The maximum atomic E-state index is 12.1. The van der Waals surface area contributed by atoms with Crippen molar-refractivity contribution in [3.63, 3.8) is 0 Å². The van der Waals surface area contributed by atoms with Crippen LogP contribution in [0.2, 0.25) is 0 Å². The molecule has 1 fully saturated rings. The van der Waals surface area contributed by atoms with Crippen molar-refractivity contribution in [3.8, 4) is 0 Å². The van der Waals surface area contributed by atoms with Crippen LogP contribution in [-0.4, -0.2) is 54.2 Å². The SMILES string of the molecule is CC(CC[CH]C(=O)N(C)C1C(=O)CO[C@@H]1C(N)=O)C(C)C(N)=O. The smallest absolute Gasteiger partial charge is 0.249 e. The van der Waals surface area contributed by atoms with Crippen LogP contribution < -0.4 is 11.5 Å². The van der Waals surface area contributed by atoms with E-state index in [0.29, 0.717) is 12.8 Å². The first-order chi connectivity index (χ1) is 10.7. The zero-order valence-corrected chi connectivity index (χ0v) is 13.7. The van der Waals surface area contributed by atoms with Crippen LogP contribution in [0.25, 0.3) is 0 Å². The third-order valence-corrected chi connectivity index (χ3v) is 4.31. The maximum absolute atomic E-state index is 12.1. The third kappa shape index (κ3) is 4.75. The molecule has 8 nitrogen and oxygen atoms in total. The largest absolute Gasteiger partial charge is 0.369 e. The second kappa shape index (κ2) is 8.05. The first kappa shape index (κ1) is 19.1. The van der Waals surface area contributed by atoms with E-state index in [1.807, 2.05) is 6.92 Å². The molecule has 0 spiro atoms. The quantitative estimate of drug-likeness (QED) is 0.591. The van der Waals surface area contributed by atoms with E-state index in [1.54, 1.807) is 6.92 Å². The molecule has 0 bridgehead atoms. The summed E-state index contributed by atoms with van der Waals surface area (Å²) in [6.45, 7) is 3.39. The molecule has 1 saturated heterocycles. The van der Waals surface area contributed by atoms with Crippen LogP contribution in [0.15, 0.2) is 0 Å². The van der Waals surface area contributed by atoms with Crippen LogP contribution in [0.1, 0.15) is 26.7 Å². The van der Waals surface area contributed by atoms with Crippen molar-refractivity contribution < 1.29 is 23.9 Å². The molecule has 1 aliphatic heterocycles. The first-order valence-electron chi connectivity index (χ1n) is 7.49. The van der Waals surface area contributed by atoms with E-state index in [9.17, 15) is 19.2 Å². The fraction of sp³-hybridized carbons (Fsp3) is 0.667. The van der Waals surface area contributed by atoms with Crippen LogP contribution in [0.4, 0.5) is 0 Å². The van der Waals surface area contributed by atoms with E-state index >= 15 is 0 Å². The Bertz CT molecular complexity index is 494. The van der Waals surface area contributed by atoms with Gasteiger partial charge >= 0.3 is 0 Å². The highest BCUT2D eigenvalue weighted by Gasteiger charge is 2.43. The van der Waals surface area contributed by atoms with Crippen LogP contribution >= 0.6 is 0 Å². The predicted molar refractivity (Wildman–Crippen MR) is 81.6 cm³/mol. The highest BCUT2D eigenvalue weighted by Crippen LogP contribution is 2.20. The summed E-state index contributed by atoms with van der Waals surface area (Å²) in [6, 6.07) is -0.988. The summed E-state index contributed by atoms with van der Waals surface area (Å²) in [5.41, 5.74) is 10.4. The Labute approximate surface area is 135 Å². The average Bonchev–Trinajstić information content (AvgIpc) is 2.87. The van der Waals surface area contributed by atoms with Crippen LogP contribution in [0, 0.1) is 18.3 Å². The third-order valence-electron chi connectivity index (χ3n) is 4.31. The summed E-state index contributed by atoms with van der Waals surface area (Å²) in [6.07, 6.45) is 1.36. The zero-order valence-electron chi connectivity index (χ0n) is 13.7. The molecule has 1 rings (SSSR count). The van der Waals surface area contributed by atoms with Gasteiger partial charge in [0, 0.05) is 19.4 Å². The Morgan fingerprint density at radius 2 is 1.96 bits per heavy atom. The molecular weight excluding hydrogens is 302 g/mol. The molecule has 0 aromatic rings. The number of primary amides is 2. The molecule has 4 N–H and O–H groups in total. The van der Waals surface area contributed by atoms with Gasteiger partial charge in [0.15, 0.2) is 11.9 Å². The van der Waals surface area contributed by atoms with E-state index in [-0.39, 0.29) is 36.0 Å². The number of hydrogen-bond acceptors (Lipinski definition) is 5. The van der Waals surface area contributed by atoms with Crippen molar-refractivity contribution in [1.82, 2.24) is 4.90 Å². The van der Waals surface area contributed by atoms with Gasteiger partial charge in [-0.2, -0.15) is 0 Å². The lowest BCUT2D eigenvalue weighted by molar-refractivity contribution is -0.137. The molecule has 1 radical (unpaired) electrons. The van der Waals surface area contributed by atoms with E-state index in [2.05, 4.69) is 0 Å². The van der Waals surface area contributed by atoms with Crippen LogP contribution in [0.3, 0.4) is 0 Å². The van der Waals surface area contributed by atoms with Crippen molar-refractivity contribution in [2.75, 3.05) is 13.7 Å². The molecule has 3 amide bonds. The van der Waals surface area contributed by atoms with Crippen LogP contribution in [-0.2, 0) is 23.9 Å². The minimum absolute atomic E-state index is 0.0386. The van der Waals surface area contributed by atoms with Gasteiger partial charge < -0.3 is 21.1 Å². The van der Waals surface area contributed by atoms with Gasteiger partial charge in [-0.3, -0.25) is 19.2 Å². The molecule has 0 aliphatic carbocycles. The van der Waals surface area contributed by atoms with Gasteiger partial charge in [-0.15, -0.1) is 0 Å². The number of ketones is 1. The number of nitrogens with zero attached hydrogens (tertiary/aromatic N) is 1. The molecule has 3 unspecified atom stereocenters. The Hall–Kier alpha value is -1.96. The number of rotatable bonds is 8. The fourth-order valence-electron chi connectivity index (χ4n) is 2.46. The zero-order chi connectivity index (χ0) is 17.7. The van der Waals surface area contributed by atoms with Crippen molar-refractivity contribution in [2.24, 2.45) is 23.3 Å². The minimum Gasteiger partial charge on any atom is -0.369 e. The number of ether oxygens (including phenoxy) is 1. The lowest BCUT2D eigenvalue weighted by atomic mass is 9.90. The highest BCUT2D eigenvalue weighted by molar-refractivity contribution is 5.99. The van der Waals surface area contributed by atoms with Crippen LogP contribution in [0.5, 0.6) is 0 Å². The Morgan fingerprint density at radius 1 is 1.35 bits per heavy atom. The average molecular weight is 326 g/mol. The van der Waals surface area contributed by atoms with Gasteiger partial charge in [0.25, 0.3) is 0 Å². The molecular formula is C15H24N3O5. The lowest BCUT2D eigenvalue weighted by Crippen LogP contribution is -2.50. The fourth-order valence-corrected chi connectivity index (χ4v) is 2.46. The summed E-state index contributed by atoms with van der Waals surface area (Å²) >= 11 is 0. The van der Waals surface area contributed by atoms with Crippen molar-refractivity contribution in [2.45, 2.75) is 38.8 Å². The molecule has 1 heterocycles. The van der Waals surface area contributed by atoms with Gasteiger partial charge in [-0.05, 0) is 18.8 Å². The number of Topliss-reactive ketones (excluding diaryl/α,β-unsaturated/α-hetero) is 1. The second-order valence-corrected chi connectivity index (χ2v) is 5.94. The van der Waals surface area contributed by atoms with E-state index in [4.69, 9.17) is 16.2 Å². The van der Waals surface area contributed by atoms with Gasteiger partial charge in [0.1, 0.15) is 12.6 Å². The molecule has 129 valence electrons. The summed E-state index contributed by atoms with van der Waals surface area (Å²) in [4.78, 5) is 47.5. The molecule has 23 heavy (non-hydrogen) atoms. The molecule has 8 heteroatoms. The first-order valence-corrected chi connectivity index (χ1v) is 7.49. The van der Waals surface area contributed by atoms with E-state index in [0.717, 1.165) is 0 Å². The topological polar surface area (TPSA) is 133 Å². The Morgan fingerprint density at radius 3 is 2.48 bits per heavy atom. The van der Waals surface area contributed by atoms with E-state index in [1.165, 1.54) is 18.4 Å². The van der Waals surface area contributed by atoms with Gasteiger partial charge in [-0.1, -0.05) is 13.8 Å². The normalized spacial score (nSPS) is 23.3. The summed E-state index contributed by atoms with van der Waals surface area (Å²) in [7, 11) is 1.43.